The molecule has 0 saturated heterocycles. The van der Waals surface area contributed by atoms with Crippen molar-refractivity contribution in [2.24, 2.45) is 0 Å². The Labute approximate surface area is 84.6 Å². The lowest BCUT2D eigenvalue weighted by Gasteiger charge is -1.96. The van der Waals surface area contributed by atoms with Gasteiger partial charge in [0.15, 0.2) is 0 Å². The number of hydrogen-bond acceptors (Lipinski definition) is 3. The van der Waals surface area contributed by atoms with E-state index in [9.17, 15) is 0 Å². The number of thiophene rings is 1. The average Bonchev–Trinajstić information content (AvgIpc) is 2.39. The molecule has 1 heterocycles. The highest BCUT2D eigenvalue weighted by atomic mass is 35.5. The number of halogens is 1. The second-order valence-electron chi connectivity index (χ2n) is 2.46. The Morgan fingerprint density at radius 3 is 2.92 bits per heavy atom. The zero-order valence-corrected chi connectivity index (χ0v) is 8.51. The van der Waals surface area contributed by atoms with Crippen LogP contribution in [0.3, 0.4) is 0 Å². The van der Waals surface area contributed by atoms with E-state index in [1.54, 1.807) is 11.3 Å². The van der Waals surface area contributed by atoms with Gasteiger partial charge in [0.05, 0.1) is 10.0 Å². The van der Waals surface area contributed by atoms with E-state index >= 15 is 0 Å². The summed E-state index contributed by atoms with van der Waals surface area (Å²) in [5, 5.41) is 2.50. The fourth-order valence-electron chi connectivity index (χ4n) is 1.09. The molecule has 12 heavy (non-hydrogen) atoms. The summed E-state index contributed by atoms with van der Waals surface area (Å²) in [6.07, 6.45) is 0. The van der Waals surface area contributed by atoms with Crippen molar-refractivity contribution < 1.29 is 0 Å². The van der Waals surface area contributed by atoms with E-state index in [4.69, 9.17) is 17.3 Å². The third-order valence-corrected chi connectivity index (χ3v) is 3.50. The Balaban J connectivity index is 2.89. The third-order valence-electron chi connectivity index (χ3n) is 1.64. The van der Waals surface area contributed by atoms with E-state index in [0.29, 0.717) is 5.02 Å². The molecule has 1 nitrogen and oxygen atoms in total. The zero-order chi connectivity index (χ0) is 8.72. The molecule has 0 aliphatic heterocycles. The summed E-state index contributed by atoms with van der Waals surface area (Å²) in [7, 11) is 0. The lowest BCUT2D eigenvalue weighted by molar-refractivity contribution is 1.59. The minimum absolute atomic E-state index is 0.670. The Bertz CT molecular complexity index is 436. The average molecular weight is 216 g/mol. The molecule has 0 unspecified atom stereocenters. The number of benzene rings is 1. The molecule has 0 bridgehead atoms. The Kier molecular flexibility index (Phi) is 1.94. The van der Waals surface area contributed by atoms with E-state index in [2.05, 4.69) is 12.6 Å². The first-order valence-corrected chi connectivity index (χ1v) is 4.99. The quantitative estimate of drug-likeness (QED) is 0.647. The Hall–Kier alpha value is -0.380. The number of thiol groups is 1. The normalized spacial score (nSPS) is 10.8. The summed E-state index contributed by atoms with van der Waals surface area (Å²) in [6, 6.07) is 5.69. The monoisotopic (exact) mass is 215 g/mol. The van der Waals surface area contributed by atoms with E-state index in [0.717, 1.165) is 20.0 Å². The smallest absolute Gasteiger partial charge is 0.0869 e. The molecule has 0 fully saturated rings. The third kappa shape index (κ3) is 1.18. The molecule has 0 spiro atoms. The van der Waals surface area contributed by atoms with Crippen LogP contribution in [0.1, 0.15) is 0 Å². The van der Waals surface area contributed by atoms with Gasteiger partial charge in [0.2, 0.25) is 0 Å². The molecule has 1 aromatic heterocycles. The Morgan fingerprint density at radius 2 is 2.17 bits per heavy atom. The van der Waals surface area contributed by atoms with Crippen LogP contribution in [0.25, 0.3) is 10.1 Å². The lowest BCUT2D eigenvalue weighted by Crippen LogP contribution is -1.73. The summed E-state index contributed by atoms with van der Waals surface area (Å²) in [5.74, 6) is 0. The van der Waals surface area contributed by atoms with Crippen molar-refractivity contribution in [2.45, 2.75) is 4.90 Å². The van der Waals surface area contributed by atoms with Crippen LogP contribution >= 0.6 is 35.6 Å². The van der Waals surface area contributed by atoms with Gasteiger partial charge in [-0.2, -0.15) is 0 Å². The van der Waals surface area contributed by atoms with E-state index < -0.39 is 0 Å². The predicted molar refractivity (Wildman–Crippen MR) is 58.5 cm³/mol. The van der Waals surface area contributed by atoms with Gasteiger partial charge in [-0.1, -0.05) is 11.6 Å². The van der Waals surface area contributed by atoms with Crippen molar-refractivity contribution in [3.05, 3.63) is 23.2 Å². The summed E-state index contributed by atoms with van der Waals surface area (Å²) >= 11 is 11.7. The van der Waals surface area contributed by atoms with Gasteiger partial charge in [0.1, 0.15) is 0 Å². The molecule has 2 aromatic rings. The van der Waals surface area contributed by atoms with E-state index in [-0.39, 0.29) is 0 Å². The number of hydrogen-bond donors (Lipinski definition) is 2. The number of fused-ring (bicyclic) bond motifs is 1. The maximum Gasteiger partial charge on any atom is 0.0869 e. The van der Waals surface area contributed by atoms with Crippen LogP contribution in [-0.4, -0.2) is 0 Å². The molecule has 0 radical (unpaired) electrons. The van der Waals surface area contributed by atoms with Crippen LogP contribution < -0.4 is 5.73 Å². The summed E-state index contributed by atoms with van der Waals surface area (Å²) in [4.78, 5) is 0.808. The van der Waals surface area contributed by atoms with Crippen LogP contribution in [0.4, 0.5) is 5.00 Å². The van der Waals surface area contributed by atoms with Gasteiger partial charge in [0.25, 0.3) is 0 Å². The maximum atomic E-state index is 5.88. The largest absolute Gasteiger partial charge is 0.391 e. The second-order valence-corrected chi connectivity index (χ2v) is 4.43. The second kappa shape index (κ2) is 2.83. The SMILES string of the molecule is Nc1cc2c(S)c(Cl)ccc2s1. The van der Waals surface area contributed by atoms with Gasteiger partial charge in [-0.05, 0) is 18.2 Å². The van der Waals surface area contributed by atoms with Crippen LogP contribution in [0.5, 0.6) is 0 Å². The fourth-order valence-corrected chi connectivity index (χ4v) is 2.43. The van der Waals surface area contributed by atoms with Crippen LogP contribution in [0, 0.1) is 0 Å². The predicted octanol–water partition coefficient (Wildman–Crippen LogP) is 3.43. The molecule has 4 heteroatoms. The number of anilines is 1. The number of rotatable bonds is 0. The van der Waals surface area contributed by atoms with Gasteiger partial charge >= 0.3 is 0 Å². The summed E-state index contributed by atoms with van der Waals surface area (Å²) in [5.41, 5.74) is 5.65. The van der Waals surface area contributed by atoms with Gasteiger partial charge < -0.3 is 5.73 Å². The number of nitrogens with two attached hydrogens (primary N) is 1. The van der Waals surface area contributed by atoms with Gasteiger partial charge in [0, 0.05) is 15.0 Å². The van der Waals surface area contributed by atoms with E-state index in [1.165, 1.54) is 0 Å². The minimum Gasteiger partial charge on any atom is -0.391 e. The van der Waals surface area contributed by atoms with Crippen molar-refractivity contribution in [1.29, 1.82) is 0 Å². The lowest BCUT2D eigenvalue weighted by atomic mass is 10.2. The van der Waals surface area contributed by atoms with Crippen molar-refractivity contribution in [3.63, 3.8) is 0 Å². The molecule has 2 rings (SSSR count). The van der Waals surface area contributed by atoms with Crippen molar-refractivity contribution >= 4 is 50.7 Å². The molecule has 0 saturated carbocycles. The highest BCUT2D eigenvalue weighted by Crippen LogP contribution is 2.35. The summed E-state index contributed by atoms with van der Waals surface area (Å²) in [6.45, 7) is 0. The Morgan fingerprint density at radius 1 is 1.42 bits per heavy atom. The molecular formula is C8H6ClNS2. The standard InChI is InChI=1S/C8H6ClNS2/c9-5-1-2-6-4(8(5)11)3-7(10)12-6/h1-3,11H,10H2. The fraction of sp³-hybridized carbons (Fsp3) is 0. The van der Waals surface area contributed by atoms with Gasteiger partial charge in [-0.25, -0.2) is 0 Å². The molecule has 0 aliphatic carbocycles. The molecule has 2 N–H and O–H groups in total. The molecular weight excluding hydrogens is 210 g/mol. The molecule has 0 aliphatic rings. The molecule has 0 amide bonds. The van der Waals surface area contributed by atoms with Crippen molar-refractivity contribution in [1.82, 2.24) is 0 Å². The first kappa shape index (κ1) is 8.23. The van der Waals surface area contributed by atoms with E-state index in [1.807, 2.05) is 18.2 Å². The zero-order valence-electron chi connectivity index (χ0n) is 6.04. The van der Waals surface area contributed by atoms with Crippen LogP contribution in [-0.2, 0) is 0 Å². The van der Waals surface area contributed by atoms with Crippen LogP contribution in [0.2, 0.25) is 5.02 Å². The first-order chi connectivity index (χ1) is 5.68. The topological polar surface area (TPSA) is 26.0 Å². The molecule has 62 valence electrons. The highest BCUT2D eigenvalue weighted by Gasteiger charge is 2.04. The molecule has 1 aromatic carbocycles. The number of nitrogen functional groups attached to an aromatic ring is 1. The van der Waals surface area contributed by atoms with Gasteiger partial charge in [-0.3, -0.25) is 0 Å². The maximum absolute atomic E-state index is 5.88. The minimum atomic E-state index is 0.670. The summed E-state index contributed by atoms with van der Waals surface area (Å²) < 4.78 is 1.13. The van der Waals surface area contributed by atoms with Gasteiger partial charge in [-0.15, -0.1) is 24.0 Å². The van der Waals surface area contributed by atoms with Crippen LogP contribution in [0.15, 0.2) is 23.1 Å². The van der Waals surface area contributed by atoms with Crippen molar-refractivity contribution in [3.8, 4) is 0 Å². The first-order valence-electron chi connectivity index (χ1n) is 3.35. The molecule has 0 atom stereocenters. The van der Waals surface area contributed by atoms with Crippen molar-refractivity contribution in [2.75, 3.05) is 5.73 Å². The highest BCUT2D eigenvalue weighted by molar-refractivity contribution is 7.80.